The van der Waals surface area contributed by atoms with Crippen molar-refractivity contribution in [2.24, 2.45) is 0 Å². The second-order valence-corrected chi connectivity index (χ2v) is 13.0. The molecule has 2 N–H and O–H groups in total. The van der Waals surface area contributed by atoms with Crippen LogP contribution in [0, 0.1) is 0 Å². The number of carbonyl (C=O) groups excluding carboxylic acids is 6. The van der Waals surface area contributed by atoms with Crippen LogP contribution in [0.25, 0.3) is 43.1 Å². The Kier molecular flexibility index (Phi) is 6.75. The van der Waals surface area contributed by atoms with Gasteiger partial charge in [-0.05, 0) is 67.7 Å². The molecule has 10 nitrogen and oxygen atoms in total. The highest BCUT2D eigenvalue weighted by atomic mass is 16.2. The molecule has 0 saturated heterocycles. The number of carbonyl (C=O) groups is 6. The van der Waals surface area contributed by atoms with Crippen molar-refractivity contribution in [1.82, 2.24) is 20.4 Å². The van der Waals surface area contributed by atoms with Gasteiger partial charge in [0.2, 0.25) is 11.8 Å². The fourth-order valence-electron chi connectivity index (χ4n) is 8.15. The lowest BCUT2D eigenvalue weighted by molar-refractivity contribution is -0.125. The molecule has 7 aromatic carbocycles. The standard InChI is InChI=1S/C42H28N4O6/c1-43-37(47)35(21-9-5-3-6-10-21)45-39(49)27-17-13-23-25-15-19-29-34-30(20-16-26(32(25)34)24-14-18-28(40(45)50)33(27)31(23)24)42(52)46(41(29)51)36(38(48)44-2)22-11-7-4-8-12-22/h3-20,35-36H,1-2H3,(H,43,47)(H,44,48)/t35-,36-/m0/s1. The Morgan fingerprint density at radius 3 is 0.981 bits per heavy atom. The molecule has 0 aromatic heterocycles. The second kappa shape index (κ2) is 11.3. The number of nitrogens with zero attached hydrogens (tertiary/aromatic N) is 2. The predicted molar refractivity (Wildman–Crippen MR) is 195 cm³/mol. The molecule has 2 atom stereocenters. The summed E-state index contributed by atoms with van der Waals surface area (Å²) in [5.74, 6) is -3.34. The number of imide groups is 2. The Hall–Kier alpha value is -6.94. The first kappa shape index (κ1) is 31.1. The number of likely N-dealkylation sites (N-methyl/N-ethyl adjacent to an activating group) is 2. The van der Waals surface area contributed by atoms with Crippen LogP contribution in [0.4, 0.5) is 0 Å². The van der Waals surface area contributed by atoms with Crippen molar-refractivity contribution >= 4 is 78.5 Å². The highest BCUT2D eigenvalue weighted by Gasteiger charge is 2.44. The summed E-state index contributed by atoms with van der Waals surface area (Å²) in [6, 6.07) is 29.0. The van der Waals surface area contributed by atoms with E-state index in [2.05, 4.69) is 10.6 Å². The minimum absolute atomic E-state index is 0.288. The zero-order chi connectivity index (χ0) is 36.0. The van der Waals surface area contributed by atoms with E-state index in [1.807, 2.05) is 24.3 Å². The van der Waals surface area contributed by atoms with Gasteiger partial charge < -0.3 is 10.6 Å². The monoisotopic (exact) mass is 684 g/mol. The van der Waals surface area contributed by atoms with Gasteiger partial charge in [0.05, 0.1) is 0 Å². The molecule has 52 heavy (non-hydrogen) atoms. The fraction of sp³-hybridized carbons (Fsp3) is 0.0952. The van der Waals surface area contributed by atoms with Crippen molar-refractivity contribution < 1.29 is 28.8 Å². The lowest BCUT2D eigenvalue weighted by atomic mass is 9.81. The molecule has 252 valence electrons. The molecule has 2 aliphatic rings. The molecular weight excluding hydrogens is 656 g/mol. The molecule has 0 saturated carbocycles. The number of benzene rings is 7. The van der Waals surface area contributed by atoms with Crippen molar-refractivity contribution in [3.63, 3.8) is 0 Å². The van der Waals surface area contributed by atoms with Crippen molar-refractivity contribution in [1.29, 1.82) is 0 Å². The van der Waals surface area contributed by atoms with Gasteiger partial charge in [0.15, 0.2) is 0 Å². The number of amides is 6. The van der Waals surface area contributed by atoms with Gasteiger partial charge in [-0.3, -0.25) is 38.6 Å². The Bertz CT molecular complexity index is 2430. The lowest BCUT2D eigenvalue weighted by Gasteiger charge is -2.34. The van der Waals surface area contributed by atoms with E-state index in [0.717, 1.165) is 31.3 Å². The molecule has 0 unspecified atom stereocenters. The molecule has 0 fully saturated rings. The number of nitrogens with one attached hydrogen (secondary N) is 2. The summed E-state index contributed by atoms with van der Waals surface area (Å²) in [6.07, 6.45) is 0. The van der Waals surface area contributed by atoms with Crippen LogP contribution in [-0.4, -0.2) is 59.3 Å². The van der Waals surface area contributed by atoms with Gasteiger partial charge in [0.1, 0.15) is 12.1 Å². The summed E-state index contributed by atoms with van der Waals surface area (Å²) >= 11 is 0. The molecule has 2 heterocycles. The van der Waals surface area contributed by atoms with Crippen LogP contribution >= 0.6 is 0 Å². The van der Waals surface area contributed by atoms with Crippen LogP contribution in [0.3, 0.4) is 0 Å². The predicted octanol–water partition coefficient (Wildman–Crippen LogP) is 5.90. The zero-order valence-corrected chi connectivity index (χ0v) is 27.9. The molecule has 0 aliphatic carbocycles. The van der Waals surface area contributed by atoms with Gasteiger partial charge in [-0.15, -0.1) is 0 Å². The van der Waals surface area contributed by atoms with Crippen LogP contribution in [0.2, 0.25) is 0 Å². The third-order valence-electron chi connectivity index (χ3n) is 10.4. The van der Waals surface area contributed by atoms with E-state index in [4.69, 9.17) is 0 Å². The van der Waals surface area contributed by atoms with Gasteiger partial charge in [-0.2, -0.15) is 0 Å². The average molecular weight is 685 g/mol. The maximum Gasteiger partial charge on any atom is 0.262 e. The molecule has 7 aromatic rings. The first-order chi connectivity index (χ1) is 25.3. The normalized spacial score (nSPS) is 15.2. The average Bonchev–Trinajstić information content (AvgIpc) is 3.18. The summed E-state index contributed by atoms with van der Waals surface area (Å²) in [5, 5.41) is 10.5. The first-order valence-corrected chi connectivity index (χ1v) is 16.8. The maximum absolute atomic E-state index is 14.3. The minimum Gasteiger partial charge on any atom is -0.357 e. The summed E-state index contributed by atoms with van der Waals surface area (Å²) < 4.78 is 0. The minimum atomic E-state index is -1.18. The topological polar surface area (TPSA) is 133 Å². The van der Waals surface area contributed by atoms with E-state index in [1.54, 1.807) is 84.9 Å². The number of hydrogen-bond donors (Lipinski definition) is 2. The van der Waals surface area contributed by atoms with Gasteiger partial charge in [-0.25, -0.2) is 0 Å². The number of hydrogen-bond acceptors (Lipinski definition) is 6. The zero-order valence-electron chi connectivity index (χ0n) is 27.9. The van der Waals surface area contributed by atoms with E-state index in [9.17, 15) is 28.8 Å². The van der Waals surface area contributed by atoms with Crippen molar-refractivity contribution in [2.75, 3.05) is 14.1 Å². The largest absolute Gasteiger partial charge is 0.357 e. The molecule has 6 amide bonds. The van der Waals surface area contributed by atoms with E-state index in [-0.39, 0.29) is 22.3 Å². The highest BCUT2D eigenvalue weighted by Crippen LogP contribution is 2.47. The molecule has 0 radical (unpaired) electrons. The SMILES string of the molecule is CNC(=O)[C@H](c1ccccc1)N1C(=O)c2ccc3c4ccc5c6c(ccc(c7ccc(c2c37)C1=O)c64)C(=O)N([C@H](C(=O)NC)c1ccccc1)C5=O. The van der Waals surface area contributed by atoms with E-state index < -0.39 is 47.5 Å². The molecule has 2 aliphatic heterocycles. The van der Waals surface area contributed by atoms with E-state index in [0.29, 0.717) is 32.7 Å². The van der Waals surface area contributed by atoms with Crippen LogP contribution in [0.1, 0.15) is 64.6 Å². The first-order valence-electron chi connectivity index (χ1n) is 16.8. The summed E-state index contributed by atoms with van der Waals surface area (Å²) in [6.45, 7) is 0. The third kappa shape index (κ3) is 4.06. The van der Waals surface area contributed by atoms with Gasteiger partial charge in [0.25, 0.3) is 23.6 Å². The van der Waals surface area contributed by atoms with E-state index >= 15 is 0 Å². The molecule has 9 rings (SSSR count). The smallest absolute Gasteiger partial charge is 0.262 e. The molecular formula is C42H28N4O6. The van der Waals surface area contributed by atoms with E-state index in [1.165, 1.54) is 14.1 Å². The number of rotatable bonds is 6. The number of fused-ring (bicyclic) bond motifs is 2. The van der Waals surface area contributed by atoms with Crippen molar-refractivity contribution in [2.45, 2.75) is 12.1 Å². The van der Waals surface area contributed by atoms with Crippen molar-refractivity contribution in [3.8, 4) is 0 Å². The maximum atomic E-state index is 14.3. The highest BCUT2D eigenvalue weighted by molar-refractivity contribution is 6.41. The van der Waals surface area contributed by atoms with Crippen LogP contribution < -0.4 is 10.6 Å². The Labute approximate surface area is 295 Å². The Morgan fingerprint density at radius 1 is 0.423 bits per heavy atom. The molecule has 0 bridgehead atoms. The van der Waals surface area contributed by atoms with Gasteiger partial charge in [-0.1, -0.05) is 84.9 Å². The van der Waals surface area contributed by atoms with Gasteiger partial charge >= 0.3 is 0 Å². The van der Waals surface area contributed by atoms with Gasteiger partial charge in [0, 0.05) is 47.1 Å². The Balaban J connectivity index is 1.25. The van der Waals surface area contributed by atoms with Crippen molar-refractivity contribution in [3.05, 3.63) is 143 Å². The molecule has 10 heteroatoms. The van der Waals surface area contributed by atoms with Crippen LogP contribution in [-0.2, 0) is 9.59 Å². The molecule has 0 spiro atoms. The summed E-state index contributed by atoms with van der Waals surface area (Å²) in [5.41, 5.74) is 2.15. The lowest BCUT2D eigenvalue weighted by Crippen LogP contribution is -2.48. The van der Waals surface area contributed by atoms with Crippen LogP contribution in [0.5, 0.6) is 0 Å². The third-order valence-corrected chi connectivity index (χ3v) is 10.4. The second-order valence-electron chi connectivity index (χ2n) is 13.0. The quantitative estimate of drug-likeness (QED) is 0.127. The van der Waals surface area contributed by atoms with Crippen LogP contribution in [0.15, 0.2) is 109 Å². The summed E-state index contributed by atoms with van der Waals surface area (Å²) in [7, 11) is 2.93. The summed E-state index contributed by atoms with van der Waals surface area (Å²) in [4.78, 5) is 85.7. The fourth-order valence-corrected chi connectivity index (χ4v) is 8.15. The Morgan fingerprint density at radius 2 is 0.712 bits per heavy atom.